The van der Waals surface area contributed by atoms with E-state index in [9.17, 15) is 18.0 Å². The molecule has 1 unspecified atom stereocenters. The Balaban J connectivity index is 2.83. The Morgan fingerprint density at radius 3 is 2.74 bits per heavy atom. The average molecular weight is 277 g/mol. The molecule has 0 aromatic heterocycles. The van der Waals surface area contributed by atoms with Crippen LogP contribution in [-0.2, 0) is 0 Å². The van der Waals surface area contributed by atoms with Crippen LogP contribution in [0.1, 0.15) is 17.3 Å². The molecule has 0 aliphatic heterocycles. The van der Waals surface area contributed by atoms with Crippen molar-refractivity contribution in [1.29, 1.82) is 0 Å². The van der Waals surface area contributed by atoms with Crippen molar-refractivity contribution < 1.29 is 27.8 Å². The minimum Gasteiger partial charge on any atom is -0.434 e. The van der Waals surface area contributed by atoms with Crippen LogP contribution in [0.15, 0.2) is 18.2 Å². The fraction of sp³-hybridized carbons (Fsp3) is 0.417. The number of alkyl halides is 2. The van der Waals surface area contributed by atoms with Gasteiger partial charge in [0.1, 0.15) is 11.6 Å². The second-order valence-corrected chi connectivity index (χ2v) is 4.02. The molecule has 1 amide bonds. The van der Waals surface area contributed by atoms with Gasteiger partial charge in [0.25, 0.3) is 5.91 Å². The molecule has 0 fully saturated rings. The van der Waals surface area contributed by atoms with E-state index in [1.54, 1.807) is 6.92 Å². The zero-order valence-corrected chi connectivity index (χ0v) is 10.2. The summed E-state index contributed by atoms with van der Waals surface area (Å²) < 4.78 is 41.3. The van der Waals surface area contributed by atoms with Gasteiger partial charge in [-0.2, -0.15) is 8.78 Å². The molecule has 0 saturated carbocycles. The Morgan fingerprint density at radius 2 is 2.16 bits per heavy atom. The third-order valence-corrected chi connectivity index (χ3v) is 2.33. The van der Waals surface area contributed by atoms with E-state index in [4.69, 9.17) is 5.11 Å². The summed E-state index contributed by atoms with van der Waals surface area (Å²) in [7, 11) is 0. The van der Waals surface area contributed by atoms with Crippen LogP contribution in [0.4, 0.5) is 13.2 Å². The maximum absolute atomic E-state index is 12.9. The number of rotatable bonds is 6. The Hall–Kier alpha value is -1.76. The van der Waals surface area contributed by atoms with Gasteiger partial charge in [-0.1, -0.05) is 6.92 Å². The first-order chi connectivity index (χ1) is 8.93. The standard InChI is InChI=1S/C12H14F3NO3/c1-7(6-17)5-16-11(18)9-3-2-8(13)4-10(9)19-12(14)15/h2-4,7,12,17H,5-6H2,1H3,(H,16,18). The van der Waals surface area contributed by atoms with Crippen molar-refractivity contribution >= 4 is 5.91 Å². The second kappa shape index (κ2) is 6.98. The molecule has 2 N–H and O–H groups in total. The molecule has 0 aliphatic carbocycles. The molecule has 7 heteroatoms. The Bertz CT molecular complexity index is 440. The van der Waals surface area contributed by atoms with Crippen LogP contribution >= 0.6 is 0 Å². The molecule has 1 aromatic carbocycles. The molecule has 1 atom stereocenters. The second-order valence-electron chi connectivity index (χ2n) is 4.02. The van der Waals surface area contributed by atoms with E-state index in [1.807, 2.05) is 0 Å². The first-order valence-corrected chi connectivity index (χ1v) is 5.57. The zero-order valence-electron chi connectivity index (χ0n) is 10.2. The minimum absolute atomic E-state index is 0.121. The van der Waals surface area contributed by atoms with E-state index in [0.717, 1.165) is 18.2 Å². The maximum atomic E-state index is 12.9. The number of benzene rings is 1. The molecule has 1 rings (SSSR count). The highest BCUT2D eigenvalue weighted by Crippen LogP contribution is 2.22. The lowest BCUT2D eigenvalue weighted by atomic mass is 10.1. The van der Waals surface area contributed by atoms with Crippen molar-refractivity contribution in [3.05, 3.63) is 29.6 Å². The summed E-state index contributed by atoms with van der Waals surface area (Å²) in [4.78, 5) is 11.7. The summed E-state index contributed by atoms with van der Waals surface area (Å²) >= 11 is 0. The number of nitrogens with one attached hydrogen (secondary N) is 1. The van der Waals surface area contributed by atoms with Crippen LogP contribution < -0.4 is 10.1 Å². The number of carbonyl (C=O) groups excluding carboxylic acids is 1. The summed E-state index contributed by atoms with van der Waals surface area (Å²) in [5.41, 5.74) is -0.188. The first-order valence-electron chi connectivity index (χ1n) is 5.57. The number of halogens is 3. The van der Waals surface area contributed by atoms with Crippen molar-refractivity contribution in [2.45, 2.75) is 13.5 Å². The molecule has 4 nitrogen and oxygen atoms in total. The summed E-state index contributed by atoms with van der Waals surface area (Å²) in [6.45, 7) is -1.41. The lowest BCUT2D eigenvalue weighted by Gasteiger charge is -2.13. The predicted molar refractivity (Wildman–Crippen MR) is 61.6 cm³/mol. The SMILES string of the molecule is CC(CO)CNC(=O)c1ccc(F)cc1OC(F)F. The van der Waals surface area contributed by atoms with Gasteiger partial charge in [-0.15, -0.1) is 0 Å². The quantitative estimate of drug-likeness (QED) is 0.833. The van der Waals surface area contributed by atoms with Crippen molar-refractivity contribution in [2.75, 3.05) is 13.2 Å². The molecule has 19 heavy (non-hydrogen) atoms. The molecule has 0 bridgehead atoms. The summed E-state index contributed by atoms with van der Waals surface area (Å²) in [5, 5.41) is 11.2. The van der Waals surface area contributed by atoms with E-state index in [-0.39, 0.29) is 24.6 Å². The number of hydrogen-bond acceptors (Lipinski definition) is 3. The lowest BCUT2D eigenvalue weighted by molar-refractivity contribution is -0.0503. The van der Waals surface area contributed by atoms with Gasteiger partial charge >= 0.3 is 6.61 Å². The lowest BCUT2D eigenvalue weighted by Crippen LogP contribution is -2.30. The van der Waals surface area contributed by atoms with Gasteiger partial charge in [-0.25, -0.2) is 4.39 Å². The first kappa shape index (κ1) is 15.3. The number of amides is 1. The average Bonchev–Trinajstić information content (AvgIpc) is 2.35. The van der Waals surface area contributed by atoms with Gasteiger partial charge in [-0.05, 0) is 18.1 Å². The largest absolute Gasteiger partial charge is 0.434 e. The zero-order chi connectivity index (χ0) is 14.4. The van der Waals surface area contributed by atoms with Gasteiger partial charge in [0, 0.05) is 19.2 Å². The molecule has 0 heterocycles. The van der Waals surface area contributed by atoms with Crippen LogP contribution in [0.2, 0.25) is 0 Å². The summed E-state index contributed by atoms with van der Waals surface area (Å²) in [6, 6.07) is 2.76. The van der Waals surface area contributed by atoms with Crippen LogP contribution in [-0.4, -0.2) is 30.8 Å². The van der Waals surface area contributed by atoms with E-state index in [1.165, 1.54) is 0 Å². The number of aliphatic hydroxyl groups excluding tert-OH is 1. The van der Waals surface area contributed by atoms with E-state index >= 15 is 0 Å². The normalized spacial score (nSPS) is 12.3. The smallest absolute Gasteiger partial charge is 0.387 e. The van der Waals surface area contributed by atoms with Crippen molar-refractivity contribution in [3.8, 4) is 5.75 Å². The molecular weight excluding hydrogens is 263 g/mol. The number of carbonyl (C=O) groups is 1. The van der Waals surface area contributed by atoms with Crippen molar-refractivity contribution in [1.82, 2.24) is 5.32 Å². The van der Waals surface area contributed by atoms with E-state index in [2.05, 4.69) is 10.1 Å². The van der Waals surface area contributed by atoms with Gasteiger partial charge in [0.15, 0.2) is 0 Å². The molecular formula is C12H14F3NO3. The Morgan fingerprint density at radius 1 is 1.47 bits per heavy atom. The highest BCUT2D eigenvalue weighted by atomic mass is 19.3. The summed E-state index contributed by atoms with van der Waals surface area (Å²) in [6.07, 6.45) is 0. The summed E-state index contributed by atoms with van der Waals surface area (Å²) in [5.74, 6) is -2.15. The van der Waals surface area contributed by atoms with Gasteiger partial charge in [0.05, 0.1) is 5.56 Å². The fourth-order valence-electron chi connectivity index (χ4n) is 1.30. The maximum Gasteiger partial charge on any atom is 0.387 e. The topological polar surface area (TPSA) is 58.6 Å². The van der Waals surface area contributed by atoms with Crippen molar-refractivity contribution in [3.63, 3.8) is 0 Å². The monoisotopic (exact) mass is 277 g/mol. The molecule has 0 radical (unpaired) electrons. The minimum atomic E-state index is -3.15. The van der Waals surface area contributed by atoms with Crippen LogP contribution in [0.5, 0.6) is 5.75 Å². The molecule has 0 saturated heterocycles. The fourth-order valence-corrected chi connectivity index (χ4v) is 1.30. The van der Waals surface area contributed by atoms with E-state index < -0.39 is 24.1 Å². The van der Waals surface area contributed by atoms with Crippen LogP contribution in [0.25, 0.3) is 0 Å². The number of hydrogen-bond donors (Lipinski definition) is 2. The van der Waals surface area contributed by atoms with Gasteiger partial charge in [-0.3, -0.25) is 4.79 Å². The number of aliphatic hydroxyl groups is 1. The molecule has 1 aromatic rings. The molecule has 0 spiro atoms. The van der Waals surface area contributed by atoms with Crippen LogP contribution in [0, 0.1) is 11.7 Å². The Kier molecular flexibility index (Phi) is 5.62. The molecule has 0 aliphatic rings. The highest BCUT2D eigenvalue weighted by Gasteiger charge is 2.17. The third-order valence-electron chi connectivity index (χ3n) is 2.33. The predicted octanol–water partition coefficient (Wildman–Crippen LogP) is 1.79. The highest BCUT2D eigenvalue weighted by molar-refractivity contribution is 5.96. The van der Waals surface area contributed by atoms with Gasteiger partial charge < -0.3 is 15.2 Å². The Labute approximate surface area is 108 Å². The van der Waals surface area contributed by atoms with Crippen molar-refractivity contribution in [2.24, 2.45) is 5.92 Å². The van der Waals surface area contributed by atoms with Gasteiger partial charge in [0.2, 0.25) is 0 Å². The molecule has 106 valence electrons. The van der Waals surface area contributed by atoms with E-state index in [0.29, 0.717) is 0 Å². The van der Waals surface area contributed by atoms with Crippen LogP contribution in [0.3, 0.4) is 0 Å². The number of ether oxygens (including phenoxy) is 1. The third kappa shape index (κ3) is 4.78.